The van der Waals surface area contributed by atoms with Gasteiger partial charge in [0.25, 0.3) is 0 Å². The second kappa shape index (κ2) is 5.11. The van der Waals surface area contributed by atoms with Crippen LogP contribution in [0.4, 0.5) is 0 Å². The summed E-state index contributed by atoms with van der Waals surface area (Å²) in [6, 6.07) is 6.79. The van der Waals surface area contributed by atoms with Gasteiger partial charge in [-0.15, -0.1) is 0 Å². The Hall–Kier alpha value is -1.11. The number of aliphatic hydroxyl groups excluding tert-OH is 1. The lowest BCUT2D eigenvalue weighted by molar-refractivity contribution is 0.280. The number of benzene rings is 1. The molecule has 0 bridgehead atoms. The van der Waals surface area contributed by atoms with E-state index < -0.39 is 10.0 Å². The van der Waals surface area contributed by atoms with E-state index >= 15 is 0 Å². The predicted molar refractivity (Wildman–Crippen MR) is 55.8 cm³/mol. The summed E-state index contributed by atoms with van der Waals surface area (Å²) in [5.74, 6) is 0.293. The molecule has 0 unspecified atom stereocenters. The number of ether oxygens (including phenoxy) is 1. The molecule has 0 amide bonds. The van der Waals surface area contributed by atoms with Gasteiger partial charge in [-0.1, -0.05) is 12.1 Å². The summed E-state index contributed by atoms with van der Waals surface area (Å²) >= 11 is 0. The summed E-state index contributed by atoms with van der Waals surface area (Å²) in [6.45, 7) is -0.0693. The van der Waals surface area contributed by atoms with E-state index in [1.807, 2.05) is 0 Å². The second-order valence-electron chi connectivity index (χ2n) is 3.02. The maximum absolute atomic E-state index is 10.6. The average molecular weight is 231 g/mol. The normalized spacial score (nSPS) is 11.3. The van der Waals surface area contributed by atoms with Gasteiger partial charge in [-0.3, -0.25) is 0 Å². The third kappa shape index (κ3) is 4.78. The molecule has 15 heavy (non-hydrogen) atoms. The Labute approximate surface area is 88.5 Å². The molecule has 0 saturated heterocycles. The molecule has 0 fully saturated rings. The van der Waals surface area contributed by atoms with Crippen LogP contribution in [0.5, 0.6) is 5.75 Å². The smallest absolute Gasteiger partial charge is 0.212 e. The van der Waals surface area contributed by atoms with E-state index in [0.29, 0.717) is 11.3 Å². The van der Waals surface area contributed by atoms with Gasteiger partial charge in [-0.05, 0) is 17.7 Å². The summed E-state index contributed by atoms with van der Waals surface area (Å²) in [5, 5.41) is 13.7. The molecule has 0 atom stereocenters. The fourth-order valence-corrected chi connectivity index (χ4v) is 1.32. The minimum atomic E-state index is -3.48. The SMILES string of the molecule is NS(=O)(=O)CCOc1cccc(CO)c1. The summed E-state index contributed by atoms with van der Waals surface area (Å²) in [7, 11) is -3.48. The van der Waals surface area contributed by atoms with E-state index in [1.165, 1.54) is 0 Å². The molecular formula is C9H13NO4S. The molecule has 1 aromatic carbocycles. The molecule has 0 saturated carbocycles. The third-order valence-corrected chi connectivity index (χ3v) is 2.45. The quantitative estimate of drug-likeness (QED) is 0.737. The van der Waals surface area contributed by atoms with Gasteiger partial charge in [0.2, 0.25) is 10.0 Å². The van der Waals surface area contributed by atoms with Gasteiger partial charge in [0.1, 0.15) is 12.4 Å². The van der Waals surface area contributed by atoms with Crippen LogP contribution in [0.1, 0.15) is 5.56 Å². The van der Waals surface area contributed by atoms with Crippen molar-refractivity contribution in [1.29, 1.82) is 0 Å². The van der Waals surface area contributed by atoms with Crippen molar-refractivity contribution < 1.29 is 18.3 Å². The van der Waals surface area contributed by atoms with Crippen molar-refractivity contribution in [3.05, 3.63) is 29.8 Å². The molecule has 6 heteroatoms. The predicted octanol–water partition coefficient (Wildman–Crippen LogP) is -0.154. The highest BCUT2D eigenvalue weighted by Crippen LogP contribution is 2.12. The van der Waals surface area contributed by atoms with Gasteiger partial charge >= 0.3 is 0 Å². The highest BCUT2D eigenvalue weighted by atomic mass is 32.2. The Morgan fingerprint density at radius 1 is 1.40 bits per heavy atom. The number of sulfonamides is 1. The number of hydrogen-bond acceptors (Lipinski definition) is 4. The summed E-state index contributed by atoms with van der Waals surface area (Å²) in [4.78, 5) is 0. The Balaban J connectivity index is 2.51. The zero-order valence-electron chi connectivity index (χ0n) is 8.09. The largest absolute Gasteiger partial charge is 0.492 e. The highest BCUT2D eigenvalue weighted by molar-refractivity contribution is 7.89. The lowest BCUT2D eigenvalue weighted by Gasteiger charge is -2.06. The van der Waals surface area contributed by atoms with Crippen molar-refractivity contribution in [3.8, 4) is 5.75 Å². The van der Waals surface area contributed by atoms with Crippen molar-refractivity contribution in [2.75, 3.05) is 12.4 Å². The number of rotatable bonds is 5. The van der Waals surface area contributed by atoms with Gasteiger partial charge in [-0.2, -0.15) is 0 Å². The lowest BCUT2D eigenvalue weighted by atomic mass is 10.2. The first-order valence-electron chi connectivity index (χ1n) is 4.34. The minimum Gasteiger partial charge on any atom is -0.492 e. The summed E-state index contributed by atoms with van der Waals surface area (Å²) in [6.07, 6.45) is 0. The second-order valence-corrected chi connectivity index (χ2v) is 4.75. The number of hydrogen-bond donors (Lipinski definition) is 2. The van der Waals surface area contributed by atoms with Crippen molar-refractivity contribution in [1.82, 2.24) is 0 Å². The number of nitrogens with two attached hydrogens (primary N) is 1. The molecule has 3 N–H and O–H groups in total. The van der Waals surface area contributed by atoms with E-state index in [0.717, 1.165) is 0 Å². The maximum atomic E-state index is 10.6. The Kier molecular flexibility index (Phi) is 4.07. The first-order valence-corrected chi connectivity index (χ1v) is 6.06. The molecule has 0 aromatic heterocycles. The summed E-state index contributed by atoms with van der Waals surface area (Å²) in [5.41, 5.74) is 0.711. The molecule has 1 aromatic rings. The van der Waals surface area contributed by atoms with Crippen LogP contribution in [-0.2, 0) is 16.6 Å². The molecule has 0 radical (unpaired) electrons. The fraction of sp³-hybridized carbons (Fsp3) is 0.333. The molecule has 0 aliphatic carbocycles. The van der Waals surface area contributed by atoms with Crippen LogP contribution in [0, 0.1) is 0 Å². The van der Waals surface area contributed by atoms with Crippen molar-refractivity contribution >= 4 is 10.0 Å². The first kappa shape index (κ1) is 12.0. The average Bonchev–Trinajstić information content (AvgIpc) is 2.16. The molecule has 0 aliphatic heterocycles. The van der Waals surface area contributed by atoms with E-state index in [-0.39, 0.29) is 19.0 Å². The van der Waals surface area contributed by atoms with Crippen molar-refractivity contribution in [2.45, 2.75) is 6.61 Å². The van der Waals surface area contributed by atoms with Gasteiger partial charge in [0, 0.05) is 0 Å². The Morgan fingerprint density at radius 2 is 2.13 bits per heavy atom. The van der Waals surface area contributed by atoms with Gasteiger partial charge in [-0.25, -0.2) is 13.6 Å². The zero-order chi connectivity index (χ0) is 11.3. The van der Waals surface area contributed by atoms with Crippen LogP contribution < -0.4 is 9.88 Å². The zero-order valence-corrected chi connectivity index (χ0v) is 8.90. The van der Waals surface area contributed by atoms with Crippen LogP contribution in [0.2, 0.25) is 0 Å². The molecule has 0 aliphatic rings. The monoisotopic (exact) mass is 231 g/mol. The molecular weight excluding hydrogens is 218 g/mol. The van der Waals surface area contributed by atoms with E-state index in [9.17, 15) is 8.42 Å². The molecule has 84 valence electrons. The number of primary sulfonamides is 1. The number of aliphatic hydroxyl groups is 1. The van der Waals surface area contributed by atoms with Crippen molar-refractivity contribution in [3.63, 3.8) is 0 Å². The summed E-state index contributed by atoms with van der Waals surface area (Å²) < 4.78 is 26.4. The Morgan fingerprint density at radius 3 is 2.73 bits per heavy atom. The lowest BCUT2D eigenvalue weighted by Crippen LogP contribution is -2.21. The van der Waals surface area contributed by atoms with Crippen molar-refractivity contribution in [2.24, 2.45) is 5.14 Å². The molecule has 0 heterocycles. The van der Waals surface area contributed by atoms with Gasteiger partial charge in [0.15, 0.2) is 0 Å². The van der Waals surface area contributed by atoms with E-state index in [4.69, 9.17) is 15.0 Å². The maximum Gasteiger partial charge on any atom is 0.212 e. The fourth-order valence-electron chi connectivity index (χ4n) is 1.01. The standard InChI is InChI=1S/C9H13NO4S/c10-15(12,13)5-4-14-9-3-1-2-8(6-9)7-11/h1-3,6,11H,4-5,7H2,(H2,10,12,13). The molecule has 1 rings (SSSR count). The highest BCUT2D eigenvalue weighted by Gasteiger charge is 2.03. The van der Waals surface area contributed by atoms with Gasteiger partial charge in [0.05, 0.1) is 12.4 Å². The van der Waals surface area contributed by atoms with E-state index in [1.54, 1.807) is 24.3 Å². The van der Waals surface area contributed by atoms with Crippen LogP contribution in [0.25, 0.3) is 0 Å². The Bertz CT molecular complexity index is 416. The minimum absolute atomic E-state index is 0.00765. The third-order valence-electron chi connectivity index (χ3n) is 1.72. The van der Waals surface area contributed by atoms with Crippen LogP contribution in [-0.4, -0.2) is 25.9 Å². The molecule has 5 nitrogen and oxygen atoms in total. The van der Waals surface area contributed by atoms with Crippen LogP contribution >= 0.6 is 0 Å². The van der Waals surface area contributed by atoms with Crippen LogP contribution in [0.15, 0.2) is 24.3 Å². The molecule has 0 spiro atoms. The van der Waals surface area contributed by atoms with E-state index in [2.05, 4.69) is 0 Å². The van der Waals surface area contributed by atoms with Crippen LogP contribution in [0.3, 0.4) is 0 Å². The topological polar surface area (TPSA) is 89.6 Å². The van der Waals surface area contributed by atoms with Gasteiger partial charge < -0.3 is 9.84 Å². The first-order chi connectivity index (χ1) is 7.01.